The number of aryl methyl sites for hydroxylation is 6. The van der Waals surface area contributed by atoms with Crippen molar-refractivity contribution in [3.63, 3.8) is 0 Å². The Hall–Kier alpha value is -5.15. The molecule has 0 aliphatic rings. The summed E-state index contributed by atoms with van der Waals surface area (Å²) in [4.78, 5) is 3.12. The summed E-state index contributed by atoms with van der Waals surface area (Å²) in [6, 6.07) is 39.1. The Morgan fingerprint density at radius 1 is 0.321 bits per heavy atom. The summed E-state index contributed by atoms with van der Waals surface area (Å²) in [7, 11) is 0. The van der Waals surface area contributed by atoms with E-state index in [1.165, 1.54) is 148 Å². The molecule has 0 aliphatic heterocycles. The summed E-state index contributed by atoms with van der Waals surface area (Å²) in [6.07, 6.45) is 26.1. The van der Waals surface area contributed by atoms with Gasteiger partial charge in [-0.1, -0.05) is 196 Å². The van der Waals surface area contributed by atoms with Crippen LogP contribution in [0.3, 0.4) is 0 Å². The van der Waals surface area contributed by atoms with Crippen molar-refractivity contribution >= 4 is 64.3 Å². The minimum absolute atomic E-state index is 0.108. The van der Waals surface area contributed by atoms with Gasteiger partial charge in [0.2, 0.25) is 0 Å². The van der Waals surface area contributed by atoms with Gasteiger partial charge in [-0.25, -0.2) is 22.0 Å². The van der Waals surface area contributed by atoms with Crippen molar-refractivity contribution < 1.29 is 22.0 Å². The Bertz CT molecular complexity index is 3250. The number of rotatable bonds is 25. The van der Waals surface area contributed by atoms with E-state index >= 15 is 0 Å². The van der Waals surface area contributed by atoms with Gasteiger partial charge in [-0.15, -0.1) is 34.0 Å². The van der Waals surface area contributed by atoms with Crippen molar-refractivity contribution in [2.75, 3.05) is 0 Å². The molecule has 3 heterocycles. The zero-order valence-electron chi connectivity index (χ0n) is 47.1. The molecule has 0 spiro atoms. The number of hydrogen-bond donors (Lipinski definition) is 0. The number of fused-ring (bicyclic) bond motifs is 3. The van der Waals surface area contributed by atoms with Crippen LogP contribution in [0, 0.1) is 42.9 Å². The Morgan fingerprint density at radius 3 is 1.10 bits per heavy atom. The molecule has 6 aromatic carbocycles. The van der Waals surface area contributed by atoms with E-state index < -0.39 is 23.3 Å². The van der Waals surface area contributed by atoms with Crippen LogP contribution in [0.25, 0.3) is 61.6 Å². The van der Waals surface area contributed by atoms with Crippen molar-refractivity contribution in [3.8, 4) is 31.3 Å². The minimum Gasteiger partial charge on any atom is -0.205 e. The fraction of sp³-hybridized carbons (Fsp3) is 0.400. The van der Waals surface area contributed by atoms with Crippen LogP contribution >= 0.6 is 34.0 Å². The van der Waals surface area contributed by atoms with Crippen LogP contribution < -0.4 is 0 Å². The molecule has 9 aromatic rings. The molecule has 0 nitrogen and oxygen atoms in total. The van der Waals surface area contributed by atoms with Crippen molar-refractivity contribution in [2.45, 2.75) is 183 Å². The summed E-state index contributed by atoms with van der Waals surface area (Å²) in [5.74, 6) is -2.91. The van der Waals surface area contributed by atoms with Gasteiger partial charge in [0, 0.05) is 14.6 Å². The Morgan fingerprint density at radius 2 is 0.667 bits per heavy atom. The van der Waals surface area contributed by atoms with Gasteiger partial charge in [0.15, 0.2) is 23.3 Å². The van der Waals surface area contributed by atoms with Gasteiger partial charge in [0.05, 0.1) is 14.1 Å². The maximum Gasteiger partial charge on any atom is 0.176 e. The van der Waals surface area contributed by atoms with Gasteiger partial charge in [0.1, 0.15) is 5.82 Å². The lowest BCUT2D eigenvalue weighted by Gasteiger charge is -2.05. The van der Waals surface area contributed by atoms with Crippen molar-refractivity contribution in [1.82, 2.24) is 0 Å². The van der Waals surface area contributed by atoms with E-state index in [0.717, 1.165) is 84.3 Å². The molecule has 78 heavy (non-hydrogen) atoms. The molecule has 0 amide bonds. The van der Waals surface area contributed by atoms with Crippen LogP contribution in [0.2, 0.25) is 0 Å². The monoisotopic (exact) mass is 1110 g/mol. The third-order valence-electron chi connectivity index (χ3n) is 14.8. The summed E-state index contributed by atoms with van der Waals surface area (Å²) < 4.78 is 72.9. The lowest BCUT2D eigenvalue weighted by atomic mass is 10.0. The average molecular weight is 1110 g/mol. The number of unbranched alkanes of at least 4 members (excludes halogenated alkanes) is 14. The van der Waals surface area contributed by atoms with E-state index in [9.17, 15) is 22.0 Å². The number of halogens is 5. The van der Waals surface area contributed by atoms with Gasteiger partial charge >= 0.3 is 0 Å². The molecule has 8 heteroatoms. The average Bonchev–Trinajstić information content (AvgIpc) is 4.30. The second-order valence-electron chi connectivity index (χ2n) is 21.4. The van der Waals surface area contributed by atoms with E-state index in [1.807, 2.05) is 25.1 Å². The smallest absolute Gasteiger partial charge is 0.176 e. The highest BCUT2D eigenvalue weighted by molar-refractivity contribution is 7.23. The number of hydrogen-bond acceptors (Lipinski definition) is 3. The summed E-state index contributed by atoms with van der Waals surface area (Å²) in [6.45, 7) is 12.4. The maximum absolute atomic E-state index is 14.8. The highest BCUT2D eigenvalue weighted by atomic mass is 32.1. The molecule has 3 aromatic heterocycles. The highest BCUT2D eigenvalue weighted by Crippen LogP contribution is 2.40. The molecular formula is C70H81F5S3. The summed E-state index contributed by atoms with van der Waals surface area (Å²) in [5.41, 5.74) is 9.25. The van der Waals surface area contributed by atoms with Crippen LogP contribution in [0.5, 0.6) is 0 Å². The fourth-order valence-electron chi connectivity index (χ4n) is 10.2. The van der Waals surface area contributed by atoms with Crippen LogP contribution in [0.1, 0.15) is 177 Å². The number of thiophene rings is 3. The zero-order valence-corrected chi connectivity index (χ0v) is 49.6. The normalized spacial score (nSPS) is 11.4. The summed E-state index contributed by atoms with van der Waals surface area (Å²) in [5, 5.41) is 2.60. The lowest BCUT2D eigenvalue weighted by molar-refractivity contribution is 0.503. The minimum atomic E-state index is -0.738. The largest absolute Gasteiger partial charge is 0.205 e. The number of benzene rings is 6. The highest BCUT2D eigenvalue weighted by Gasteiger charge is 2.18. The summed E-state index contributed by atoms with van der Waals surface area (Å²) >= 11 is 4.21. The van der Waals surface area contributed by atoms with Gasteiger partial charge in [-0.2, -0.15) is 0 Å². The van der Waals surface area contributed by atoms with E-state index in [-0.39, 0.29) is 5.82 Å². The molecule has 414 valence electrons. The van der Waals surface area contributed by atoms with Crippen LogP contribution in [0.15, 0.2) is 115 Å². The predicted molar refractivity (Wildman–Crippen MR) is 332 cm³/mol. The Labute approximate surface area is 475 Å². The van der Waals surface area contributed by atoms with Crippen molar-refractivity contribution in [3.05, 3.63) is 178 Å². The molecule has 0 fully saturated rings. The third-order valence-corrected chi connectivity index (χ3v) is 18.4. The molecule has 0 atom stereocenters. The molecule has 0 aliphatic carbocycles. The topological polar surface area (TPSA) is 0 Å². The predicted octanol–water partition coefficient (Wildman–Crippen LogP) is 24.3. The SMILES string of the molecule is CCCCCCCCc1cc2cc(-c3ccc(CCCCCC)cc3)sc2c(F)c1F.CCCCCCc1ccc(-c2cc3cc(C)c(F)c(F)c3s2)cc1.CCCCCCc1ccc(-c2cc3cc(C)cc(F)c3s2)cc1. The molecule has 9 rings (SSSR count). The van der Waals surface area contributed by atoms with Crippen molar-refractivity contribution in [2.24, 2.45) is 0 Å². The molecule has 0 bridgehead atoms. The van der Waals surface area contributed by atoms with Gasteiger partial charge < -0.3 is 0 Å². The first-order chi connectivity index (χ1) is 37.9. The maximum atomic E-state index is 14.8. The van der Waals surface area contributed by atoms with Crippen molar-refractivity contribution in [1.29, 1.82) is 0 Å². The van der Waals surface area contributed by atoms with E-state index in [0.29, 0.717) is 26.9 Å². The van der Waals surface area contributed by atoms with Gasteiger partial charge in [0.25, 0.3) is 0 Å². The molecule has 0 N–H and O–H groups in total. The first kappa shape index (κ1) is 60.5. The molecule has 0 saturated heterocycles. The van der Waals surface area contributed by atoms with E-state index in [2.05, 4.69) is 113 Å². The Kier molecular flexibility index (Phi) is 24.0. The van der Waals surface area contributed by atoms with Gasteiger partial charge in [-0.3, -0.25) is 0 Å². The van der Waals surface area contributed by atoms with E-state index in [4.69, 9.17) is 0 Å². The first-order valence-corrected chi connectivity index (χ1v) is 31.6. The van der Waals surface area contributed by atoms with E-state index in [1.54, 1.807) is 30.4 Å². The standard InChI is InChI=1S/C28H36F2S.C21H22F2S.C21H23FS/c1-3-5-7-9-10-12-14-23-19-24-20-25(31-28(24)27(30)26(23)29)22-17-15-21(16-18-22)13-11-8-6-4-2;1-3-4-5-6-7-15-8-10-16(11-9-15)18-13-17-12-14(2)19(22)20(23)21(17)24-18;1-3-4-5-6-7-16-8-10-17(11-9-16)20-14-18-12-15(2)13-19(22)21(18)23-20/h15-20H,3-14H2,1-2H3;8-13H,3-7H2,1-2H3;8-14H,3-7H2,1-2H3. The quantitative estimate of drug-likeness (QED) is 0.0395. The first-order valence-electron chi connectivity index (χ1n) is 29.2. The van der Waals surface area contributed by atoms with Crippen LogP contribution in [-0.4, -0.2) is 0 Å². The third kappa shape index (κ3) is 16.9. The molecule has 0 radical (unpaired) electrons. The molecular weight excluding hydrogens is 1030 g/mol. The molecule has 0 unspecified atom stereocenters. The second kappa shape index (κ2) is 31.0. The fourth-order valence-corrected chi connectivity index (χ4v) is 13.4. The zero-order chi connectivity index (χ0) is 55.4. The Balaban J connectivity index is 0.000000172. The van der Waals surface area contributed by atoms with Crippen LogP contribution in [0.4, 0.5) is 22.0 Å². The molecule has 0 saturated carbocycles. The van der Waals surface area contributed by atoms with Gasteiger partial charge in [-0.05, 0) is 168 Å². The lowest BCUT2D eigenvalue weighted by Crippen LogP contribution is -1.95. The second-order valence-corrected chi connectivity index (χ2v) is 24.5. The van der Waals surface area contributed by atoms with Crippen LogP contribution in [-0.2, 0) is 25.7 Å².